The summed E-state index contributed by atoms with van der Waals surface area (Å²) >= 11 is 0. The zero-order valence-corrected chi connectivity index (χ0v) is 27.9. The van der Waals surface area contributed by atoms with Crippen molar-refractivity contribution in [3.05, 3.63) is 39.4 Å². The van der Waals surface area contributed by atoms with Crippen LogP contribution >= 0.6 is 0 Å². The van der Waals surface area contributed by atoms with E-state index in [1.54, 1.807) is 6.92 Å². The first-order valence-corrected chi connectivity index (χ1v) is 15.9. The highest BCUT2D eigenvalue weighted by Crippen LogP contribution is 2.58. The lowest BCUT2D eigenvalue weighted by atomic mass is 9.71. The molecule has 2 aromatic rings. The van der Waals surface area contributed by atoms with Gasteiger partial charge in [-0.1, -0.05) is 13.0 Å². The number of alkyl halides is 3. The van der Waals surface area contributed by atoms with Crippen LogP contribution in [-0.4, -0.2) is 84.4 Å². The van der Waals surface area contributed by atoms with Crippen LogP contribution in [0.2, 0.25) is 0 Å². The Morgan fingerprint density at radius 3 is 2.47 bits per heavy atom. The standard InChI is InChI=1S/C34H37F3N4O8/c1-14-7-18-9-20-22(11-38)41-21(27(40(20)5)25(18)28(44)29(14)46-6)10-19-26(32-31(47-13-48-32)16(3)30(19)49-17(4)42)23(41)12-39-33(45)15(2)8-24(43)34(35,36)37/h7,15,20-23,27,44H,8-10,12-13H2,1-6H3,(H,39,45)/t15-,20?,21?,22+,23+,27+/m1/s1. The average molecular weight is 687 g/mol. The number of nitrogens with zero attached hydrogens (tertiary/aromatic N) is 3. The number of piperazine rings is 1. The van der Waals surface area contributed by atoms with Crippen molar-refractivity contribution in [2.45, 2.75) is 83.3 Å². The second-order valence-corrected chi connectivity index (χ2v) is 13.1. The number of halogens is 3. The van der Waals surface area contributed by atoms with E-state index in [-0.39, 0.29) is 37.3 Å². The molecule has 0 aliphatic carbocycles. The maximum atomic E-state index is 13.2. The van der Waals surface area contributed by atoms with Crippen LogP contribution in [0.1, 0.15) is 65.7 Å². The summed E-state index contributed by atoms with van der Waals surface area (Å²) in [5.74, 6) is -3.46. The molecule has 2 N–H and O–H groups in total. The summed E-state index contributed by atoms with van der Waals surface area (Å²) in [6.45, 7) is 5.73. The molecular weight excluding hydrogens is 649 g/mol. The number of rotatable bonds is 7. The Bertz CT molecular complexity index is 1790. The molecule has 6 atom stereocenters. The van der Waals surface area contributed by atoms with Crippen molar-refractivity contribution in [1.82, 2.24) is 15.1 Å². The Morgan fingerprint density at radius 2 is 1.84 bits per heavy atom. The van der Waals surface area contributed by atoms with E-state index in [1.807, 2.05) is 24.9 Å². The van der Waals surface area contributed by atoms with Gasteiger partial charge in [-0.05, 0) is 44.9 Å². The molecule has 4 aliphatic rings. The van der Waals surface area contributed by atoms with E-state index in [1.165, 1.54) is 21.0 Å². The third-order valence-electron chi connectivity index (χ3n) is 10.2. The van der Waals surface area contributed by atoms with Gasteiger partial charge in [0.25, 0.3) is 0 Å². The number of hydrogen-bond acceptors (Lipinski definition) is 11. The van der Waals surface area contributed by atoms with Gasteiger partial charge < -0.3 is 29.4 Å². The van der Waals surface area contributed by atoms with Crippen LogP contribution in [-0.2, 0) is 27.2 Å². The maximum Gasteiger partial charge on any atom is 0.449 e. The normalized spacial score (nSPS) is 24.5. The van der Waals surface area contributed by atoms with E-state index in [9.17, 15) is 37.9 Å². The van der Waals surface area contributed by atoms with E-state index < -0.39 is 60.3 Å². The molecule has 262 valence electrons. The van der Waals surface area contributed by atoms with Crippen molar-refractivity contribution in [2.24, 2.45) is 5.92 Å². The first-order chi connectivity index (χ1) is 23.1. The van der Waals surface area contributed by atoms with Gasteiger partial charge in [-0.2, -0.15) is 18.4 Å². The van der Waals surface area contributed by atoms with Crippen molar-refractivity contribution in [3.63, 3.8) is 0 Å². The first-order valence-electron chi connectivity index (χ1n) is 15.9. The zero-order valence-electron chi connectivity index (χ0n) is 27.9. The number of phenols is 1. The van der Waals surface area contributed by atoms with Gasteiger partial charge in [-0.15, -0.1) is 0 Å². The number of nitrogens with one attached hydrogen (secondary N) is 1. The molecule has 4 aliphatic heterocycles. The number of fused-ring (bicyclic) bond motifs is 9. The van der Waals surface area contributed by atoms with Crippen molar-refractivity contribution < 1.29 is 51.6 Å². The van der Waals surface area contributed by atoms with Crippen LogP contribution in [0.15, 0.2) is 6.07 Å². The summed E-state index contributed by atoms with van der Waals surface area (Å²) in [5, 5.41) is 25.1. The fourth-order valence-electron chi connectivity index (χ4n) is 8.17. The number of amides is 1. The fraction of sp³-hybridized carbons (Fsp3) is 0.529. The molecule has 0 saturated carbocycles. The van der Waals surface area contributed by atoms with E-state index >= 15 is 0 Å². The van der Waals surface area contributed by atoms with Crippen molar-refractivity contribution >= 4 is 17.7 Å². The second kappa shape index (κ2) is 12.4. The number of aryl methyl sites for hydroxylation is 1. The van der Waals surface area contributed by atoms with Gasteiger partial charge in [0, 0.05) is 60.1 Å². The third kappa shape index (κ3) is 5.51. The molecule has 4 heterocycles. The smallest absolute Gasteiger partial charge is 0.449 e. The van der Waals surface area contributed by atoms with Crippen LogP contribution in [0.25, 0.3) is 0 Å². The molecule has 0 spiro atoms. The Morgan fingerprint density at radius 1 is 1.14 bits per heavy atom. The lowest BCUT2D eigenvalue weighted by Crippen LogP contribution is -2.68. The number of ketones is 1. The lowest BCUT2D eigenvalue weighted by Gasteiger charge is -2.60. The number of phenolic OH excluding ortho intramolecular Hbond substituents is 1. The van der Waals surface area contributed by atoms with Crippen LogP contribution in [0.5, 0.6) is 28.7 Å². The average Bonchev–Trinajstić information content (AvgIpc) is 3.52. The molecule has 15 heteroatoms. The van der Waals surface area contributed by atoms with Gasteiger partial charge >= 0.3 is 12.1 Å². The Hall–Kier alpha value is -4.55. The molecule has 0 radical (unpaired) electrons. The maximum absolute atomic E-state index is 13.2. The lowest BCUT2D eigenvalue weighted by molar-refractivity contribution is -0.172. The number of Topliss-reactive ketones (excluding diaryl/α,β-unsaturated/α-hetero) is 1. The molecule has 49 heavy (non-hydrogen) atoms. The Labute approximate surface area is 280 Å². The number of esters is 1. The van der Waals surface area contributed by atoms with Gasteiger partial charge in [0.1, 0.15) is 11.8 Å². The summed E-state index contributed by atoms with van der Waals surface area (Å²) < 4.78 is 62.2. The zero-order chi connectivity index (χ0) is 35.7. The molecule has 1 fully saturated rings. The minimum absolute atomic E-state index is 0.0240. The predicted molar refractivity (Wildman–Crippen MR) is 165 cm³/mol. The van der Waals surface area contributed by atoms with E-state index in [0.717, 1.165) is 11.1 Å². The predicted octanol–water partition coefficient (Wildman–Crippen LogP) is 3.72. The second-order valence-electron chi connectivity index (χ2n) is 13.1. The van der Waals surface area contributed by atoms with Crippen molar-refractivity contribution in [3.8, 4) is 34.8 Å². The Balaban J connectivity index is 1.52. The van der Waals surface area contributed by atoms with Crippen molar-refractivity contribution in [2.75, 3.05) is 27.5 Å². The number of likely N-dealkylation sites (N-methyl/N-ethyl adjacent to an activating group) is 1. The SMILES string of the molecule is COc1c(C)cc2c(c1O)[C@@H]1C3Cc4c(OC(C)=O)c(C)c5c(c4[C@H](CNC(=O)[C@H](C)CC(=O)C(F)(F)F)N3[C@@H](C#N)C(C2)N1C)OCO5. The number of carbonyl (C=O) groups is 3. The number of aromatic hydroxyl groups is 1. The summed E-state index contributed by atoms with van der Waals surface area (Å²) in [4.78, 5) is 41.4. The van der Waals surface area contributed by atoms with E-state index in [0.29, 0.717) is 45.9 Å². The number of hydrogen-bond donors (Lipinski definition) is 2. The minimum Gasteiger partial charge on any atom is -0.504 e. The van der Waals surface area contributed by atoms with Crippen LogP contribution < -0.4 is 24.3 Å². The monoisotopic (exact) mass is 686 g/mol. The highest BCUT2D eigenvalue weighted by Gasteiger charge is 2.57. The highest BCUT2D eigenvalue weighted by molar-refractivity contribution is 5.89. The molecule has 2 aromatic carbocycles. The van der Waals surface area contributed by atoms with E-state index in [2.05, 4.69) is 16.3 Å². The molecule has 6 rings (SSSR count). The third-order valence-corrected chi connectivity index (χ3v) is 10.2. The van der Waals surface area contributed by atoms with Crippen LogP contribution in [0.3, 0.4) is 0 Å². The highest BCUT2D eigenvalue weighted by atomic mass is 19.4. The van der Waals surface area contributed by atoms with Gasteiger partial charge in [-0.25, -0.2) is 0 Å². The summed E-state index contributed by atoms with van der Waals surface area (Å²) in [5.41, 5.74) is 3.83. The fourth-order valence-corrected chi connectivity index (χ4v) is 8.17. The van der Waals surface area contributed by atoms with Gasteiger partial charge in [-0.3, -0.25) is 24.2 Å². The number of carbonyl (C=O) groups excluding carboxylic acids is 3. The van der Waals surface area contributed by atoms with Gasteiger partial charge in [0.05, 0.1) is 25.3 Å². The molecule has 1 saturated heterocycles. The van der Waals surface area contributed by atoms with Crippen molar-refractivity contribution in [1.29, 1.82) is 5.26 Å². The van der Waals surface area contributed by atoms with E-state index in [4.69, 9.17) is 18.9 Å². The summed E-state index contributed by atoms with van der Waals surface area (Å²) in [7, 11) is 3.35. The number of methoxy groups -OCH3 is 1. The number of nitriles is 1. The minimum atomic E-state index is -5.08. The molecule has 2 unspecified atom stereocenters. The van der Waals surface area contributed by atoms with Crippen LogP contribution in [0, 0.1) is 31.1 Å². The topological polar surface area (TPSA) is 151 Å². The first kappa shape index (κ1) is 34.3. The summed E-state index contributed by atoms with van der Waals surface area (Å²) in [6, 6.07) is 1.42. The molecule has 2 bridgehead atoms. The van der Waals surface area contributed by atoms with Gasteiger partial charge in [0.15, 0.2) is 23.0 Å². The number of ether oxygens (including phenoxy) is 4. The molecule has 12 nitrogen and oxygen atoms in total. The van der Waals surface area contributed by atoms with Crippen LogP contribution in [0.4, 0.5) is 13.2 Å². The molecule has 0 aromatic heterocycles. The van der Waals surface area contributed by atoms with Gasteiger partial charge in [0.2, 0.25) is 18.5 Å². The molecule has 1 amide bonds. The molecular formula is C34H37F3N4O8. The quantitative estimate of drug-likeness (QED) is 0.324. The largest absolute Gasteiger partial charge is 0.504 e. The number of benzene rings is 2. The Kier molecular flexibility index (Phi) is 8.69. The summed E-state index contributed by atoms with van der Waals surface area (Å²) in [6.07, 6.45) is -5.47.